The predicted octanol–water partition coefficient (Wildman–Crippen LogP) is -0.816. The van der Waals surface area contributed by atoms with Gasteiger partial charge in [0.2, 0.25) is 0 Å². The Morgan fingerprint density at radius 1 is 0.857 bits per heavy atom. The Hall–Kier alpha value is -1.46. The third-order valence-electron chi connectivity index (χ3n) is 0.886. The van der Waals surface area contributed by atoms with E-state index in [1.165, 1.54) is 0 Å². The van der Waals surface area contributed by atoms with Gasteiger partial charge in [0.05, 0.1) is 0 Å². The Morgan fingerprint density at radius 3 is 1.36 bits per heavy atom. The smallest absolute Gasteiger partial charge is 0.174 e. The lowest BCUT2D eigenvalue weighted by Crippen LogP contribution is -2.27. The van der Waals surface area contributed by atoms with Crippen LogP contribution in [0.15, 0.2) is 10.2 Å². The topological polar surface area (TPSA) is 89.3 Å². The second kappa shape index (κ2) is 6.06. The normalized spacial score (nSPS) is 13.6. The fourth-order valence-electron chi connectivity index (χ4n) is 0.532. The maximum absolute atomic E-state index is 10.8. The van der Waals surface area contributed by atoms with Gasteiger partial charge in [0, 0.05) is 12.2 Å². The molecule has 0 heterocycles. The molecule has 0 aromatic carbocycles. The van der Waals surface area contributed by atoms with Crippen molar-refractivity contribution in [1.82, 2.24) is 0 Å². The van der Waals surface area contributed by atoms with Crippen LogP contribution in [0, 0.1) is 0 Å². The van der Waals surface area contributed by atoms with E-state index in [0.717, 1.165) is 0 Å². The van der Waals surface area contributed by atoms with Gasteiger partial charge in [-0.1, -0.05) is 27.7 Å². The summed E-state index contributed by atoms with van der Waals surface area (Å²) in [5, 5.41) is 27.5. The fourth-order valence-corrected chi connectivity index (χ4v) is 0.532. The molecular weight excluding hydrogens is 188 g/mol. The average molecular weight is 202 g/mol. The highest BCUT2D eigenvalue weighted by molar-refractivity contribution is 5.65. The van der Waals surface area contributed by atoms with Crippen LogP contribution in [-0.4, -0.2) is 24.4 Å². The molecule has 0 bridgehead atoms. The van der Waals surface area contributed by atoms with E-state index in [-0.39, 0.29) is 12.2 Å². The lowest BCUT2D eigenvalue weighted by molar-refractivity contribution is -0.259. The molecule has 6 heteroatoms. The molecule has 0 saturated heterocycles. The molecule has 0 aliphatic heterocycles. The number of hydrogen-bond donors (Lipinski definition) is 0. The van der Waals surface area contributed by atoms with E-state index in [9.17, 15) is 10.2 Å². The van der Waals surface area contributed by atoms with Crippen molar-refractivity contribution in [2.75, 3.05) is 0 Å². The first kappa shape index (κ1) is 12.5. The summed E-state index contributed by atoms with van der Waals surface area (Å²) in [5.74, 6) is 0. The van der Waals surface area contributed by atoms with Crippen LogP contribution >= 0.6 is 0 Å². The van der Waals surface area contributed by atoms with Crippen LogP contribution in [0.1, 0.15) is 27.7 Å². The Balaban J connectivity index is 4.09. The molecule has 0 spiro atoms. The van der Waals surface area contributed by atoms with Gasteiger partial charge in [-0.3, -0.25) is 0 Å². The van der Waals surface area contributed by atoms with Gasteiger partial charge in [-0.15, -0.1) is 10.2 Å². The highest BCUT2D eigenvalue weighted by Gasteiger charge is 1.88. The molecule has 14 heavy (non-hydrogen) atoms. The minimum absolute atomic E-state index is 0.289. The van der Waals surface area contributed by atoms with Crippen molar-refractivity contribution >= 4 is 12.2 Å². The molecule has 0 unspecified atom stereocenters. The molecule has 0 aromatic heterocycles. The molecule has 0 fully saturated rings. The van der Waals surface area contributed by atoms with E-state index < -0.39 is 12.2 Å². The van der Waals surface area contributed by atoms with E-state index in [2.05, 4.69) is 19.7 Å². The molecule has 0 N–H and O–H groups in total. The zero-order valence-electron chi connectivity index (χ0n) is 8.68. The SMILES string of the molecule is CC(C)O/C([O-])=N/N=C(\[O-])OC(C)C. The van der Waals surface area contributed by atoms with Crippen LogP contribution in [0.4, 0.5) is 0 Å². The average Bonchev–Trinajstić information content (AvgIpc) is 1.98. The lowest BCUT2D eigenvalue weighted by atomic mass is 10.5. The summed E-state index contributed by atoms with van der Waals surface area (Å²) in [7, 11) is 0. The summed E-state index contributed by atoms with van der Waals surface area (Å²) in [6.45, 7) is 6.67. The standard InChI is InChI=1S/C8H16N2O4/c1-5(2)13-7(11)9-10-8(12)14-6(3)4/h5-6H,1-4H3,(H,9,11)(H,10,12)/p-2. The summed E-state index contributed by atoms with van der Waals surface area (Å²) >= 11 is 0. The molecule has 0 saturated carbocycles. The molecule has 0 amide bonds. The minimum Gasteiger partial charge on any atom is -0.596 e. The van der Waals surface area contributed by atoms with Gasteiger partial charge >= 0.3 is 0 Å². The van der Waals surface area contributed by atoms with Gasteiger partial charge in [-0.05, 0) is 0 Å². The Bertz CT molecular complexity index is 199. The number of hydrogen-bond acceptors (Lipinski definition) is 6. The molecule has 0 radical (unpaired) electrons. The molecule has 0 aliphatic rings. The second-order valence-electron chi connectivity index (χ2n) is 3.07. The van der Waals surface area contributed by atoms with Crippen molar-refractivity contribution in [3.8, 4) is 0 Å². The summed E-state index contributed by atoms with van der Waals surface area (Å²) < 4.78 is 9.20. The van der Waals surface area contributed by atoms with Crippen LogP contribution in [0.3, 0.4) is 0 Å². The van der Waals surface area contributed by atoms with Crippen LogP contribution in [-0.2, 0) is 9.47 Å². The molecule has 0 atom stereocenters. The van der Waals surface area contributed by atoms with Crippen LogP contribution in [0.5, 0.6) is 0 Å². The summed E-state index contributed by atoms with van der Waals surface area (Å²) in [6.07, 6.45) is -2.38. The van der Waals surface area contributed by atoms with Crippen molar-refractivity contribution < 1.29 is 19.7 Å². The molecule has 0 rings (SSSR count). The zero-order chi connectivity index (χ0) is 11.1. The van der Waals surface area contributed by atoms with Crippen LogP contribution in [0.2, 0.25) is 0 Å². The van der Waals surface area contributed by atoms with Crippen molar-refractivity contribution in [2.24, 2.45) is 10.2 Å². The monoisotopic (exact) mass is 202 g/mol. The van der Waals surface area contributed by atoms with Gasteiger partial charge in [0.15, 0.2) is 12.2 Å². The van der Waals surface area contributed by atoms with Crippen molar-refractivity contribution in [2.45, 2.75) is 39.9 Å². The van der Waals surface area contributed by atoms with E-state index in [0.29, 0.717) is 0 Å². The van der Waals surface area contributed by atoms with E-state index >= 15 is 0 Å². The van der Waals surface area contributed by atoms with Gasteiger partial charge in [-0.2, -0.15) is 0 Å². The molecular formula is C8H14N2O4-2. The van der Waals surface area contributed by atoms with Crippen LogP contribution < -0.4 is 10.2 Å². The predicted molar refractivity (Wildman–Crippen MR) is 47.3 cm³/mol. The Labute approximate surface area is 82.9 Å². The van der Waals surface area contributed by atoms with Crippen molar-refractivity contribution in [3.05, 3.63) is 0 Å². The van der Waals surface area contributed by atoms with Crippen molar-refractivity contribution in [3.63, 3.8) is 0 Å². The molecule has 0 aromatic rings. The van der Waals surface area contributed by atoms with Gasteiger partial charge in [0.25, 0.3) is 0 Å². The van der Waals surface area contributed by atoms with E-state index in [1.807, 2.05) is 0 Å². The van der Waals surface area contributed by atoms with Crippen LogP contribution in [0.25, 0.3) is 0 Å². The first-order chi connectivity index (χ1) is 6.41. The van der Waals surface area contributed by atoms with Crippen molar-refractivity contribution in [1.29, 1.82) is 0 Å². The maximum Gasteiger partial charge on any atom is 0.174 e. The minimum atomic E-state index is -0.902. The largest absolute Gasteiger partial charge is 0.596 e. The fraction of sp³-hybridized carbons (Fsp3) is 0.750. The third kappa shape index (κ3) is 7.20. The zero-order valence-corrected chi connectivity index (χ0v) is 8.68. The molecule has 82 valence electrons. The summed E-state index contributed by atoms with van der Waals surface area (Å²) in [6, 6.07) is 0. The maximum atomic E-state index is 10.8. The Kier molecular flexibility index (Phi) is 5.43. The first-order valence-electron chi connectivity index (χ1n) is 4.24. The number of nitrogens with zero attached hydrogens (tertiary/aromatic N) is 2. The lowest BCUT2D eigenvalue weighted by Gasteiger charge is -2.18. The highest BCUT2D eigenvalue weighted by Crippen LogP contribution is 1.89. The quantitative estimate of drug-likeness (QED) is 0.340. The molecule has 0 aliphatic carbocycles. The van der Waals surface area contributed by atoms with Gasteiger partial charge in [-0.25, -0.2) is 0 Å². The first-order valence-corrected chi connectivity index (χ1v) is 4.24. The number of ether oxygens (including phenoxy) is 2. The summed E-state index contributed by atoms with van der Waals surface area (Å²) in [5.41, 5.74) is 0. The highest BCUT2D eigenvalue weighted by atomic mass is 16.6. The second-order valence-corrected chi connectivity index (χ2v) is 3.07. The van der Waals surface area contributed by atoms with E-state index in [1.54, 1.807) is 27.7 Å². The van der Waals surface area contributed by atoms with Gasteiger partial charge < -0.3 is 19.7 Å². The number of rotatable bonds is 3. The molecule has 6 nitrogen and oxygen atoms in total. The van der Waals surface area contributed by atoms with E-state index in [4.69, 9.17) is 0 Å². The Morgan fingerprint density at radius 2 is 1.14 bits per heavy atom. The summed E-state index contributed by atoms with van der Waals surface area (Å²) in [4.78, 5) is 0. The van der Waals surface area contributed by atoms with Gasteiger partial charge in [0.1, 0.15) is 0 Å². The third-order valence-corrected chi connectivity index (χ3v) is 0.886.